The van der Waals surface area contributed by atoms with Crippen molar-refractivity contribution in [3.8, 4) is 11.5 Å². The van der Waals surface area contributed by atoms with Crippen molar-refractivity contribution in [2.45, 2.75) is 18.9 Å². The number of anilines is 1. The Labute approximate surface area is 151 Å². The number of nitrogens with one attached hydrogen (secondary N) is 1. The van der Waals surface area contributed by atoms with E-state index in [-0.39, 0.29) is 42.3 Å². The predicted octanol–water partition coefficient (Wildman–Crippen LogP) is 0.114. The lowest BCUT2D eigenvalue weighted by molar-refractivity contribution is -0.126. The van der Waals surface area contributed by atoms with E-state index in [9.17, 15) is 18.0 Å². The van der Waals surface area contributed by atoms with Crippen LogP contribution in [0.25, 0.3) is 0 Å². The minimum absolute atomic E-state index is 0.0225. The topological polar surface area (TPSA) is 102 Å². The third-order valence-corrected chi connectivity index (χ3v) is 6.68. The van der Waals surface area contributed by atoms with Crippen LogP contribution in [0.1, 0.15) is 12.8 Å². The van der Waals surface area contributed by atoms with Crippen molar-refractivity contribution in [1.29, 1.82) is 0 Å². The SMILES string of the molecule is O=C(N[C@H]1CCS(=O)(=O)C1)[C@H]1CC(=O)N(c2ccc3c(c2)OCCO3)C1. The van der Waals surface area contributed by atoms with E-state index < -0.39 is 15.8 Å². The highest BCUT2D eigenvalue weighted by atomic mass is 32.2. The molecule has 2 atom stereocenters. The van der Waals surface area contributed by atoms with Crippen molar-refractivity contribution >= 4 is 27.3 Å². The zero-order valence-corrected chi connectivity index (χ0v) is 15.0. The maximum atomic E-state index is 12.4. The molecule has 2 fully saturated rings. The van der Waals surface area contributed by atoms with Crippen LogP contribution in [-0.2, 0) is 19.4 Å². The molecule has 0 spiro atoms. The van der Waals surface area contributed by atoms with Gasteiger partial charge in [0.15, 0.2) is 21.3 Å². The van der Waals surface area contributed by atoms with Crippen LogP contribution in [0.3, 0.4) is 0 Å². The van der Waals surface area contributed by atoms with E-state index in [1.54, 1.807) is 23.1 Å². The van der Waals surface area contributed by atoms with E-state index in [4.69, 9.17) is 9.47 Å². The molecular formula is C17H20N2O6S. The summed E-state index contributed by atoms with van der Waals surface area (Å²) < 4.78 is 34.0. The molecule has 3 aliphatic rings. The molecular weight excluding hydrogens is 360 g/mol. The van der Waals surface area contributed by atoms with Crippen LogP contribution < -0.4 is 19.7 Å². The number of hydrogen-bond acceptors (Lipinski definition) is 6. The average Bonchev–Trinajstić information content (AvgIpc) is 3.16. The number of carbonyl (C=O) groups is 2. The van der Waals surface area contributed by atoms with Crippen molar-refractivity contribution < 1.29 is 27.5 Å². The number of carbonyl (C=O) groups excluding carboxylic acids is 2. The highest BCUT2D eigenvalue weighted by molar-refractivity contribution is 7.91. The summed E-state index contributed by atoms with van der Waals surface area (Å²) in [5.41, 5.74) is 0.665. The summed E-state index contributed by atoms with van der Waals surface area (Å²) in [7, 11) is -3.06. The summed E-state index contributed by atoms with van der Waals surface area (Å²) in [6.45, 7) is 1.22. The Morgan fingerprint density at radius 3 is 2.69 bits per heavy atom. The van der Waals surface area contributed by atoms with Gasteiger partial charge in [0.2, 0.25) is 11.8 Å². The highest BCUT2D eigenvalue weighted by Gasteiger charge is 2.37. The largest absolute Gasteiger partial charge is 0.486 e. The molecule has 0 saturated carbocycles. The highest BCUT2D eigenvalue weighted by Crippen LogP contribution is 2.36. The van der Waals surface area contributed by atoms with Gasteiger partial charge in [0.1, 0.15) is 13.2 Å². The second-order valence-electron chi connectivity index (χ2n) is 6.84. The van der Waals surface area contributed by atoms with Crippen LogP contribution >= 0.6 is 0 Å². The molecule has 3 aliphatic heterocycles. The summed E-state index contributed by atoms with van der Waals surface area (Å²) in [4.78, 5) is 26.4. The quantitative estimate of drug-likeness (QED) is 0.799. The summed E-state index contributed by atoms with van der Waals surface area (Å²) in [5.74, 6) is 0.422. The van der Waals surface area contributed by atoms with Crippen LogP contribution in [0.15, 0.2) is 18.2 Å². The number of ether oxygens (including phenoxy) is 2. The van der Waals surface area contributed by atoms with Crippen molar-refractivity contribution in [3.63, 3.8) is 0 Å². The van der Waals surface area contributed by atoms with E-state index in [0.717, 1.165) is 0 Å². The molecule has 0 aliphatic carbocycles. The number of hydrogen-bond donors (Lipinski definition) is 1. The first-order chi connectivity index (χ1) is 12.4. The van der Waals surface area contributed by atoms with Gasteiger partial charge in [0.05, 0.1) is 17.4 Å². The van der Waals surface area contributed by atoms with Gasteiger partial charge in [-0.2, -0.15) is 0 Å². The molecule has 2 saturated heterocycles. The van der Waals surface area contributed by atoms with Crippen LogP contribution in [0.5, 0.6) is 11.5 Å². The van der Waals surface area contributed by atoms with Gasteiger partial charge < -0.3 is 19.7 Å². The maximum Gasteiger partial charge on any atom is 0.227 e. The molecule has 9 heteroatoms. The fourth-order valence-electron chi connectivity index (χ4n) is 3.56. The fraction of sp³-hybridized carbons (Fsp3) is 0.529. The van der Waals surface area contributed by atoms with E-state index in [2.05, 4.69) is 5.32 Å². The predicted molar refractivity (Wildman–Crippen MR) is 93.1 cm³/mol. The van der Waals surface area contributed by atoms with Crippen LogP contribution in [0.2, 0.25) is 0 Å². The minimum Gasteiger partial charge on any atom is -0.486 e. The molecule has 8 nitrogen and oxygen atoms in total. The van der Waals surface area contributed by atoms with Crippen LogP contribution in [-0.4, -0.2) is 57.5 Å². The smallest absolute Gasteiger partial charge is 0.227 e. The van der Waals surface area contributed by atoms with Gasteiger partial charge in [-0.25, -0.2) is 8.42 Å². The van der Waals surface area contributed by atoms with Crippen molar-refractivity contribution in [2.75, 3.05) is 36.2 Å². The van der Waals surface area contributed by atoms with E-state index >= 15 is 0 Å². The minimum atomic E-state index is -3.06. The monoisotopic (exact) mass is 380 g/mol. The first kappa shape index (κ1) is 17.1. The molecule has 0 bridgehead atoms. The molecule has 1 N–H and O–H groups in total. The van der Waals surface area contributed by atoms with E-state index in [1.807, 2.05) is 0 Å². The van der Waals surface area contributed by atoms with Gasteiger partial charge in [-0.05, 0) is 18.6 Å². The first-order valence-electron chi connectivity index (χ1n) is 8.62. The Bertz CT molecular complexity index is 853. The van der Waals surface area contributed by atoms with Crippen molar-refractivity contribution in [1.82, 2.24) is 5.32 Å². The molecule has 1 aromatic rings. The second kappa shape index (κ2) is 6.46. The summed E-state index contributed by atoms with van der Waals surface area (Å²) in [6.07, 6.45) is 0.542. The number of sulfone groups is 1. The maximum absolute atomic E-state index is 12.4. The lowest BCUT2D eigenvalue weighted by Crippen LogP contribution is -2.40. The second-order valence-corrected chi connectivity index (χ2v) is 9.07. The van der Waals surface area contributed by atoms with Gasteiger partial charge >= 0.3 is 0 Å². The normalized spacial score (nSPS) is 26.8. The van der Waals surface area contributed by atoms with Crippen molar-refractivity contribution in [2.24, 2.45) is 5.92 Å². The average molecular weight is 380 g/mol. The Morgan fingerprint density at radius 1 is 1.19 bits per heavy atom. The Balaban J connectivity index is 1.43. The van der Waals surface area contributed by atoms with Gasteiger partial charge in [-0.1, -0.05) is 0 Å². The molecule has 3 heterocycles. The fourth-order valence-corrected chi connectivity index (χ4v) is 5.23. The first-order valence-corrected chi connectivity index (χ1v) is 10.4. The molecule has 0 aromatic heterocycles. The molecule has 1 aromatic carbocycles. The Morgan fingerprint density at radius 2 is 1.96 bits per heavy atom. The van der Waals surface area contributed by atoms with Crippen LogP contribution in [0.4, 0.5) is 5.69 Å². The number of amides is 2. The van der Waals surface area contributed by atoms with Crippen LogP contribution in [0, 0.1) is 5.92 Å². The Kier molecular flexibility index (Phi) is 4.26. The van der Waals surface area contributed by atoms with Gasteiger partial charge in [0, 0.05) is 30.8 Å². The summed E-state index contributed by atoms with van der Waals surface area (Å²) in [5, 5.41) is 2.78. The number of fused-ring (bicyclic) bond motifs is 1. The third-order valence-electron chi connectivity index (χ3n) is 4.91. The van der Waals surface area contributed by atoms with Gasteiger partial charge in [-0.3, -0.25) is 9.59 Å². The lowest BCUT2D eigenvalue weighted by Gasteiger charge is -2.22. The lowest BCUT2D eigenvalue weighted by atomic mass is 10.1. The molecule has 0 radical (unpaired) electrons. The molecule has 26 heavy (non-hydrogen) atoms. The standard InChI is InChI=1S/C17H20N2O6S/c20-16-7-11(17(21)18-12-3-6-26(22,23)10-12)9-19(16)13-1-2-14-15(8-13)25-5-4-24-14/h1-2,8,11-12H,3-7,9-10H2,(H,18,21)/t11-,12-/m0/s1. The molecule has 2 amide bonds. The van der Waals surface area contributed by atoms with Crippen molar-refractivity contribution in [3.05, 3.63) is 18.2 Å². The molecule has 0 unspecified atom stereocenters. The van der Waals surface area contributed by atoms with Gasteiger partial charge in [-0.15, -0.1) is 0 Å². The zero-order chi connectivity index (χ0) is 18.3. The number of benzene rings is 1. The van der Waals surface area contributed by atoms with E-state index in [1.165, 1.54) is 0 Å². The molecule has 140 valence electrons. The van der Waals surface area contributed by atoms with E-state index in [0.29, 0.717) is 36.8 Å². The zero-order valence-electron chi connectivity index (χ0n) is 14.1. The summed E-state index contributed by atoms with van der Waals surface area (Å²) in [6, 6.07) is 4.92. The number of rotatable bonds is 3. The Hall–Kier alpha value is -2.29. The summed E-state index contributed by atoms with van der Waals surface area (Å²) >= 11 is 0. The molecule has 4 rings (SSSR count). The number of nitrogens with zero attached hydrogens (tertiary/aromatic N) is 1. The third kappa shape index (κ3) is 3.35. The van der Waals surface area contributed by atoms with Gasteiger partial charge in [0.25, 0.3) is 0 Å².